The molecule has 2 rings (SSSR count). The molecule has 0 atom stereocenters. The van der Waals surface area contributed by atoms with E-state index in [4.69, 9.17) is 21.1 Å². The van der Waals surface area contributed by atoms with Crippen molar-refractivity contribution in [1.82, 2.24) is 0 Å². The zero-order chi connectivity index (χ0) is 19.8. The van der Waals surface area contributed by atoms with E-state index in [9.17, 15) is 4.79 Å². The van der Waals surface area contributed by atoms with Crippen molar-refractivity contribution in [2.24, 2.45) is 0 Å². The number of hydrogen-bond donors (Lipinski definition) is 1. The molecule has 146 valence electrons. The maximum atomic E-state index is 12.8. The van der Waals surface area contributed by atoms with Crippen molar-refractivity contribution in [1.29, 1.82) is 0 Å². The molecule has 0 fully saturated rings. The highest BCUT2D eigenvalue weighted by molar-refractivity contribution is 6.32. The van der Waals surface area contributed by atoms with Crippen LogP contribution in [0.5, 0.6) is 11.5 Å². The van der Waals surface area contributed by atoms with Gasteiger partial charge in [0.1, 0.15) is 0 Å². The molecule has 1 N–H and O–H groups in total. The van der Waals surface area contributed by atoms with Gasteiger partial charge in [-0.2, -0.15) is 0 Å². The summed E-state index contributed by atoms with van der Waals surface area (Å²) < 4.78 is 11.4. The Kier molecular flexibility index (Phi) is 7.99. The fraction of sp³-hybridized carbons (Fsp3) is 0.409. The Bertz CT molecular complexity index is 789. The van der Waals surface area contributed by atoms with Crippen LogP contribution >= 0.6 is 11.6 Å². The average Bonchev–Trinajstić information content (AvgIpc) is 2.65. The molecule has 0 unspecified atom stereocenters. The van der Waals surface area contributed by atoms with Crippen molar-refractivity contribution in [3.8, 4) is 11.5 Å². The molecule has 5 heteroatoms. The number of para-hydroxylation sites is 1. The lowest BCUT2D eigenvalue weighted by Crippen LogP contribution is -2.15. The molecule has 0 heterocycles. The Labute approximate surface area is 166 Å². The van der Waals surface area contributed by atoms with E-state index in [1.54, 1.807) is 12.1 Å². The smallest absolute Gasteiger partial charge is 0.255 e. The van der Waals surface area contributed by atoms with Crippen LogP contribution in [-0.2, 0) is 6.42 Å². The molecule has 0 saturated heterocycles. The fourth-order valence-electron chi connectivity index (χ4n) is 2.81. The summed E-state index contributed by atoms with van der Waals surface area (Å²) in [5.74, 6) is 0.766. The van der Waals surface area contributed by atoms with Crippen LogP contribution < -0.4 is 14.8 Å². The second-order valence-electron chi connectivity index (χ2n) is 6.34. The Hall–Kier alpha value is -2.20. The Morgan fingerprint density at radius 1 is 1.15 bits per heavy atom. The molecule has 0 aliphatic rings. The second-order valence-corrected chi connectivity index (χ2v) is 6.74. The number of carbonyl (C=O) groups is 1. The van der Waals surface area contributed by atoms with Crippen LogP contribution in [-0.4, -0.2) is 19.1 Å². The minimum absolute atomic E-state index is 0.220. The normalized spacial score (nSPS) is 10.6. The number of rotatable bonds is 9. The number of halogens is 1. The summed E-state index contributed by atoms with van der Waals surface area (Å²) >= 11 is 6.40. The molecule has 0 saturated carbocycles. The summed E-state index contributed by atoms with van der Waals surface area (Å²) in [5.41, 5.74) is 3.41. The Morgan fingerprint density at radius 3 is 2.59 bits per heavy atom. The number of aryl methyl sites for hydroxylation is 2. The minimum atomic E-state index is -0.220. The van der Waals surface area contributed by atoms with Crippen LogP contribution in [0.25, 0.3) is 0 Å². The number of anilines is 1. The Morgan fingerprint density at radius 2 is 1.93 bits per heavy atom. The number of unbranched alkanes of at least 4 members (excludes halogenated alkanes) is 1. The van der Waals surface area contributed by atoms with E-state index in [2.05, 4.69) is 19.2 Å². The van der Waals surface area contributed by atoms with Crippen molar-refractivity contribution in [3.63, 3.8) is 0 Å². The minimum Gasteiger partial charge on any atom is -0.490 e. The first-order chi connectivity index (χ1) is 13.0. The number of nitrogens with one attached hydrogen (secondary N) is 1. The van der Waals surface area contributed by atoms with Gasteiger partial charge in [-0.05, 0) is 49.9 Å². The van der Waals surface area contributed by atoms with Gasteiger partial charge in [-0.25, -0.2) is 0 Å². The predicted molar refractivity (Wildman–Crippen MR) is 112 cm³/mol. The highest BCUT2D eigenvalue weighted by atomic mass is 35.5. The van der Waals surface area contributed by atoms with Crippen LogP contribution in [0.15, 0.2) is 30.3 Å². The summed E-state index contributed by atoms with van der Waals surface area (Å²) in [4.78, 5) is 12.8. The van der Waals surface area contributed by atoms with Gasteiger partial charge in [-0.1, -0.05) is 50.1 Å². The Balaban J connectivity index is 2.31. The second kappa shape index (κ2) is 10.2. The van der Waals surface area contributed by atoms with Gasteiger partial charge in [-0.15, -0.1) is 0 Å². The lowest BCUT2D eigenvalue weighted by atomic mass is 10.1. The van der Waals surface area contributed by atoms with E-state index in [-0.39, 0.29) is 5.91 Å². The fourth-order valence-corrected chi connectivity index (χ4v) is 3.07. The van der Waals surface area contributed by atoms with E-state index < -0.39 is 0 Å². The zero-order valence-corrected chi connectivity index (χ0v) is 17.3. The molecule has 27 heavy (non-hydrogen) atoms. The molecule has 0 radical (unpaired) electrons. The van der Waals surface area contributed by atoms with Gasteiger partial charge in [0.05, 0.1) is 18.2 Å². The van der Waals surface area contributed by atoms with Crippen LogP contribution in [0.3, 0.4) is 0 Å². The summed E-state index contributed by atoms with van der Waals surface area (Å²) in [6.45, 7) is 9.05. The van der Waals surface area contributed by atoms with Gasteiger partial charge in [0.15, 0.2) is 11.5 Å². The van der Waals surface area contributed by atoms with E-state index in [0.717, 1.165) is 36.1 Å². The summed E-state index contributed by atoms with van der Waals surface area (Å²) in [6, 6.07) is 9.32. The van der Waals surface area contributed by atoms with Crippen molar-refractivity contribution < 1.29 is 14.3 Å². The van der Waals surface area contributed by atoms with Gasteiger partial charge in [-0.3, -0.25) is 4.79 Å². The summed E-state index contributed by atoms with van der Waals surface area (Å²) in [6.07, 6.45) is 2.79. The highest BCUT2D eigenvalue weighted by Crippen LogP contribution is 2.37. The number of benzene rings is 2. The molecular formula is C22H28ClNO3. The number of amides is 1. The van der Waals surface area contributed by atoms with Crippen molar-refractivity contribution in [2.75, 3.05) is 18.5 Å². The average molecular weight is 390 g/mol. The molecule has 0 aromatic heterocycles. The highest BCUT2D eigenvalue weighted by Gasteiger charge is 2.17. The third-order valence-electron chi connectivity index (χ3n) is 4.29. The molecule has 2 aromatic carbocycles. The van der Waals surface area contributed by atoms with Gasteiger partial charge in [0.25, 0.3) is 5.91 Å². The van der Waals surface area contributed by atoms with Gasteiger partial charge < -0.3 is 14.8 Å². The van der Waals surface area contributed by atoms with Gasteiger partial charge in [0, 0.05) is 11.3 Å². The van der Waals surface area contributed by atoms with Gasteiger partial charge >= 0.3 is 0 Å². The molecule has 2 aromatic rings. The number of hydrogen-bond acceptors (Lipinski definition) is 3. The monoisotopic (exact) mass is 389 g/mol. The predicted octanol–water partition coefficient (Wildman–Crippen LogP) is 6.04. The summed E-state index contributed by atoms with van der Waals surface area (Å²) in [7, 11) is 0. The summed E-state index contributed by atoms with van der Waals surface area (Å²) in [5, 5.41) is 3.40. The number of ether oxygens (including phenoxy) is 2. The SMILES string of the molecule is CCCCOc1c(Cl)cc(C(=O)Nc2c(C)cccc2CC)cc1OCC. The third-order valence-corrected chi connectivity index (χ3v) is 4.58. The first-order valence-corrected chi connectivity index (χ1v) is 9.88. The molecule has 0 bridgehead atoms. The van der Waals surface area contributed by atoms with Crippen LogP contribution in [0, 0.1) is 6.92 Å². The molecule has 0 aliphatic carbocycles. The van der Waals surface area contributed by atoms with Crippen molar-refractivity contribution in [3.05, 3.63) is 52.0 Å². The molecule has 0 spiro atoms. The van der Waals surface area contributed by atoms with Crippen LogP contribution in [0.1, 0.15) is 55.1 Å². The first-order valence-electron chi connectivity index (χ1n) is 9.50. The van der Waals surface area contributed by atoms with E-state index in [1.165, 1.54) is 0 Å². The van der Waals surface area contributed by atoms with Crippen molar-refractivity contribution >= 4 is 23.2 Å². The standard InChI is InChI=1S/C22H28ClNO3/c1-5-8-12-27-21-18(23)13-17(14-19(21)26-7-3)22(25)24-20-15(4)10-9-11-16(20)6-2/h9-11,13-14H,5-8,12H2,1-4H3,(H,24,25). The van der Waals surface area contributed by atoms with Crippen LogP contribution in [0.4, 0.5) is 5.69 Å². The molecule has 0 aliphatic heterocycles. The lowest BCUT2D eigenvalue weighted by molar-refractivity contribution is 0.102. The largest absolute Gasteiger partial charge is 0.490 e. The zero-order valence-electron chi connectivity index (χ0n) is 16.5. The quantitative estimate of drug-likeness (QED) is 0.532. The topological polar surface area (TPSA) is 47.6 Å². The first kappa shape index (κ1) is 21.1. The van der Waals surface area contributed by atoms with E-state index >= 15 is 0 Å². The molecule has 4 nitrogen and oxygen atoms in total. The van der Waals surface area contributed by atoms with Crippen molar-refractivity contribution in [2.45, 2.75) is 47.0 Å². The van der Waals surface area contributed by atoms with E-state index in [0.29, 0.717) is 35.3 Å². The van der Waals surface area contributed by atoms with Gasteiger partial charge in [0.2, 0.25) is 0 Å². The molecular weight excluding hydrogens is 362 g/mol. The number of carbonyl (C=O) groups excluding carboxylic acids is 1. The van der Waals surface area contributed by atoms with E-state index in [1.807, 2.05) is 32.0 Å². The molecule has 1 amide bonds. The maximum absolute atomic E-state index is 12.8. The maximum Gasteiger partial charge on any atom is 0.255 e. The lowest BCUT2D eigenvalue weighted by Gasteiger charge is -2.16. The third kappa shape index (κ3) is 5.39. The van der Waals surface area contributed by atoms with Crippen LogP contribution in [0.2, 0.25) is 5.02 Å².